The molecule has 1 atom stereocenters. The van der Waals surface area contributed by atoms with E-state index >= 15 is 0 Å². The standard InChI is InChI=1S/C55H102O5/c1-4-7-10-13-15-17-19-21-23-25-27-29-31-33-35-37-39-41-44-47-50-58-51-53(60-55(57)49-46-42-12-9-6-3)52-59-54(56)48-45-43-40-38-36-34-32-30-28-26-24-22-20-18-16-14-11-8-5-2/h16,18,22,24,28,30,53H,4-15,17,19-21,23,25-27,29,31-52H2,1-3H3/b18-16-,24-22-,30-28-. The molecule has 0 spiro atoms. The van der Waals surface area contributed by atoms with Gasteiger partial charge < -0.3 is 14.2 Å². The van der Waals surface area contributed by atoms with Crippen LogP contribution in [0.2, 0.25) is 0 Å². The van der Waals surface area contributed by atoms with Crippen molar-refractivity contribution in [1.82, 2.24) is 0 Å². The normalized spacial score (nSPS) is 12.4. The number of allylic oxidation sites excluding steroid dienone is 6. The van der Waals surface area contributed by atoms with Gasteiger partial charge in [0.25, 0.3) is 0 Å². The Morgan fingerprint density at radius 3 is 1.15 bits per heavy atom. The Morgan fingerprint density at radius 1 is 0.367 bits per heavy atom. The van der Waals surface area contributed by atoms with Crippen LogP contribution in [0.4, 0.5) is 0 Å². The Bertz CT molecular complexity index is 955. The zero-order valence-corrected chi connectivity index (χ0v) is 40.5. The fourth-order valence-corrected chi connectivity index (χ4v) is 7.69. The number of hydrogen-bond acceptors (Lipinski definition) is 5. The second-order valence-corrected chi connectivity index (χ2v) is 17.8. The van der Waals surface area contributed by atoms with Gasteiger partial charge in [0.1, 0.15) is 6.61 Å². The molecule has 0 heterocycles. The average Bonchev–Trinajstić information content (AvgIpc) is 3.25. The topological polar surface area (TPSA) is 61.8 Å². The molecular formula is C55H102O5. The molecule has 352 valence electrons. The maximum Gasteiger partial charge on any atom is 0.306 e. The number of carbonyl (C=O) groups is 2. The average molecular weight is 843 g/mol. The molecule has 5 heteroatoms. The molecule has 0 aromatic carbocycles. The molecule has 0 aliphatic heterocycles. The fourth-order valence-electron chi connectivity index (χ4n) is 7.69. The third-order valence-corrected chi connectivity index (χ3v) is 11.7. The highest BCUT2D eigenvalue weighted by Crippen LogP contribution is 2.16. The lowest BCUT2D eigenvalue weighted by molar-refractivity contribution is -0.163. The molecule has 60 heavy (non-hydrogen) atoms. The zero-order valence-electron chi connectivity index (χ0n) is 40.5. The predicted octanol–water partition coefficient (Wildman–Crippen LogP) is 17.8. The highest BCUT2D eigenvalue weighted by molar-refractivity contribution is 5.70. The van der Waals surface area contributed by atoms with E-state index in [1.54, 1.807) is 0 Å². The second-order valence-electron chi connectivity index (χ2n) is 17.8. The summed E-state index contributed by atoms with van der Waals surface area (Å²) in [5.41, 5.74) is 0. The molecule has 0 rings (SSSR count). The first kappa shape index (κ1) is 58.1. The van der Waals surface area contributed by atoms with E-state index in [1.807, 2.05) is 0 Å². The number of unbranched alkanes of at least 4 members (excludes halogenated alkanes) is 32. The highest BCUT2D eigenvalue weighted by Gasteiger charge is 2.17. The van der Waals surface area contributed by atoms with Crippen LogP contribution < -0.4 is 0 Å². The summed E-state index contributed by atoms with van der Waals surface area (Å²) in [6.45, 7) is 7.76. The predicted molar refractivity (Wildman–Crippen MR) is 261 cm³/mol. The summed E-state index contributed by atoms with van der Waals surface area (Å²) in [5.74, 6) is -0.411. The van der Waals surface area contributed by atoms with Crippen molar-refractivity contribution in [3.63, 3.8) is 0 Å². The van der Waals surface area contributed by atoms with Crippen molar-refractivity contribution < 1.29 is 23.8 Å². The van der Waals surface area contributed by atoms with Crippen molar-refractivity contribution in [3.8, 4) is 0 Å². The molecule has 0 aromatic heterocycles. The fraction of sp³-hybridized carbons (Fsp3) is 0.855. The van der Waals surface area contributed by atoms with Gasteiger partial charge in [0.05, 0.1) is 6.61 Å². The van der Waals surface area contributed by atoms with Crippen molar-refractivity contribution in [2.24, 2.45) is 0 Å². The Balaban J connectivity index is 3.98. The van der Waals surface area contributed by atoms with Crippen LogP contribution in [-0.2, 0) is 23.8 Å². The molecule has 0 N–H and O–H groups in total. The van der Waals surface area contributed by atoms with E-state index < -0.39 is 6.10 Å². The third-order valence-electron chi connectivity index (χ3n) is 11.7. The first-order valence-electron chi connectivity index (χ1n) is 26.5. The van der Waals surface area contributed by atoms with Gasteiger partial charge in [0.2, 0.25) is 0 Å². The molecule has 0 radical (unpaired) electrons. The summed E-state index contributed by atoms with van der Waals surface area (Å²) >= 11 is 0. The van der Waals surface area contributed by atoms with E-state index in [4.69, 9.17) is 14.2 Å². The summed E-state index contributed by atoms with van der Waals surface area (Å²) in [4.78, 5) is 25.1. The molecular weight excluding hydrogens is 741 g/mol. The Labute approximate surface area is 374 Å². The van der Waals surface area contributed by atoms with Crippen LogP contribution in [0.3, 0.4) is 0 Å². The maximum absolute atomic E-state index is 12.6. The number of carbonyl (C=O) groups excluding carboxylic acids is 2. The second kappa shape index (κ2) is 51.5. The van der Waals surface area contributed by atoms with Gasteiger partial charge in [0.15, 0.2) is 6.10 Å². The molecule has 1 unspecified atom stereocenters. The summed E-state index contributed by atoms with van der Waals surface area (Å²) in [5, 5.41) is 0. The van der Waals surface area contributed by atoms with Gasteiger partial charge in [-0.25, -0.2) is 0 Å². The van der Waals surface area contributed by atoms with Crippen molar-refractivity contribution >= 4 is 11.9 Å². The number of ether oxygens (including phenoxy) is 3. The van der Waals surface area contributed by atoms with Crippen LogP contribution in [0, 0.1) is 0 Å². The summed E-state index contributed by atoms with van der Waals surface area (Å²) in [6, 6.07) is 0. The van der Waals surface area contributed by atoms with Gasteiger partial charge in [-0.1, -0.05) is 243 Å². The first-order chi connectivity index (χ1) is 29.6. The van der Waals surface area contributed by atoms with E-state index in [0.717, 1.165) is 64.2 Å². The van der Waals surface area contributed by atoms with E-state index in [-0.39, 0.29) is 25.2 Å². The molecule has 0 fully saturated rings. The van der Waals surface area contributed by atoms with E-state index in [2.05, 4.69) is 57.2 Å². The number of esters is 2. The SMILES string of the molecule is CCCCC/C=C\C/C=C\C/C=C\CCCCCCCCC(=O)OCC(COCCCCCCCCCCCCCCCCCCCCCC)OC(=O)CCCCCCC. The molecule has 0 aromatic rings. The summed E-state index contributed by atoms with van der Waals surface area (Å²) < 4.78 is 17.3. The minimum Gasteiger partial charge on any atom is -0.462 e. The van der Waals surface area contributed by atoms with E-state index in [9.17, 15) is 9.59 Å². The van der Waals surface area contributed by atoms with Crippen molar-refractivity contribution in [1.29, 1.82) is 0 Å². The number of hydrogen-bond donors (Lipinski definition) is 0. The molecule has 5 nitrogen and oxygen atoms in total. The van der Waals surface area contributed by atoms with E-state index in [0.29, 0.717) is 19.4 Å². The molecule has 0 saturated heterocycles. The van der Waals surface area contributed by atoms with Gasteiger partial charge in [-0.05, 0) is 57.8 Å². The van der Waals surface area contributed by atoms with Crippen LogP contribution in [0.1, 0.15) is 278 Å². The molecule has 0 aliphatic rings. The summed E-state index contributed by atoms with van der Waals surface area (Å²) in [7, 11) is 0. The molecule has 0 amide bonds. The van der Waals surface area contributed by atoms with Crippen LogP contribution >= 0.6 is 0 Å². The minimum atomic E-state index is -0.533. The van der Waals surface area contributed by atoms with Gasteiger partial charge in [-0.3, -0.25) is 9.59 Å². The van der Waals surface area contributed by atoms with Crippen molar-refractivity contribution in [3.05, 3.63) is 36.5 Å². The van der Waals surface area contributed by atoms with Gasteiger partial charge in [-0.2, -0.15) is 0 Å². The highest BCUT2D eigenvalue weighted by atomic mass is 16.6. The van der Waals surface area contributed by atoms with Gasteiger partial charge in [0, 0.05) is 19.4 Å². The van der Waals surface area contributed by atoms with E-state index in [1.165, 1.54) is 180 Å². The van der Waals surface area contributed by atoms with Gasteiger partial charge in [-0.15, -0.1) is 0 Å². The lowest BCUT2D eigenvalue weighted by Gasteiger charge is -2.18. The van der Waals surface area contributed by atoms with Crippen LogP contribution in [-0.4, -0.2) is 37.9 Å². The molecule has 0 aliphatic carbocycles. The van der Waals surface area contributed by atoms with Crippen molar-refractivity contribution in [2.45, 2.75) is 284 Å². The minimum absolute atomic E-state index is 0.0825. The third kappa shape index (κ3) is 48.8. The van der Waals surface area contributed by atoms with Crippen molar-refractivity contribution in [2.75, 3.05) is 19.8 Å². The van der Waals surface area contributed by atoms with Crippen LogP contribution in [0.15, 0.2) is 36.5 Å². The first-order valence-corrected chi connectivity index (χ1v) is 26.5. The monoisotopic (exact) mass is 843 g/mol. The molecule has 0 saturated carbocycles. The Kier molecular flexibility index (Phi) is 49.9. The molecule has 0 bridgehead atoms. The Morgan fingerprint density at radius 2 is 0.700 bits per heavy atom. The largest absolute Gasteiger partial charge is 0.462 e. The Hall–Kier alpha value is -1.88. The lowest BCUT2D eigenvalue weighted by Crippen LogP contribution is -2.30. The maximum atomic E-state index is 12.6. The smallest absolute Gasteiger partial charge is 0.306 e. The van der Waals surface area contributed by atoms with Crippen LogP contribution in [0.5, 0.6) is 0 Å². The zero-order chi connectivity index (χ0) is 43.5. The summed E-state index contributed by atoms with van der Waals surface area (Å²) in [6.07, 6.45) is 61.9. The number of rotatable bonds is 49. The quantitative estimate of drug-likeness (QED) is 0.0347. The lowest BCUT2D eigenvalue weighted by atomic mass is 10.0. The van der Waals surface area contributed by atoms with Crippen LogP contribution in [0.25, 0.3) is 0 Å². The van der Waals surface area contributed by atoms with Gasteiger partial charge >= 0.3 is 11.9 Å².